The minimum Gasteiger partial charge on any atom is -0.316 e. The first kappa shape index (κ1) is 11.3. The zero-order valence-corrected chi connectivity index (χ0v) is 7.85. The van der Waals surface area contributed by atoms with E-state index in [1.807, 2.05) is 0 Å². The number of nitrogens with zero attached hydrogens (tertiary/aromatic N) is 1. The normalized spacial score (nSPS) is 27.9. The van der Waals surface area contributed by atoms with Crippen LogP contribution in [0.4, 0.5) is 22.0 Å². The molecule has 1 heterocycles. The Morgan fingerprint density at radius 1 is 1.31 bits per heavy atom. The molecule has 1 fully saturated rings. The molecular formula is C9H7F5N2. The molecule has 1 aromatic heterocycles. The van der Waals surface area contributed by atoms with Gasteiger partial charge < -0.3 is 5.73 Å². The van der Waals surface area contributed by atoms with Crippen LogP contribution in [-0.4, -0.2) is 10.9 Å². The minimum absolute atomic E-state index is 0.512. The average Bonchev–Trinajstić information content (AvgIpc) is 2.66. The van der Waals surface area contributed by atoms with E-state index in [0.29, 0.717) is 6.20 Å². The van der Waals surface area contributed by atoms with Crippen molar-refractivity contribution < 1.29 is 22.0 Å². The van der Waals surface area contributed by atoms with Crippen LogP contribution in [0.25, 0.3) is 0 Å². The van der Waals surface area contributed by atoms with Gasteiger partial charge >= 0.3 is 6.18 Å². The molecule has 7 heteroatoms. The molecule has 2 N–H and O–H groups in total. The highest BCUT2D eigenvalue weighted by Gasteiger charge is 2.71. The monoisotopic (exact) mass is 238 g/mol. The van der Waals surface area contributed by atoms with Crippen molar-refractivity contribution in [1.82, 2.24) is 4.98 Å². The molecule has 16 heavy (non-hydrogen) atoms. The summed E-state index contributed by atoms with van der Waals surface area (Å²) in [5.74, 6) is -3.28. The van der Waals surface area contributed by atoms with Gasteiger partial charge in [-0.1, -0.05) is 0 Å². The van der Waals surface area contributed by atoms with Crippen LogP contribution in [0.1, 0.15) is 17.5 Å². The van der Waals surface area contributed by atoms with E-state index in [4.69, 9.17) is 5.73 Å². The fraction of sp³-hybridized carbons (Fsp3) is 0.444. The highest BCUT2D eigenvalue weighted by Crippen LogP contribution is 2.59. The highest BCUT2D eigenvalue weighted by atomic mass is 19.4. The third-order valence-electron chi connectivity index (χ3n) is 2.64. The molecule has 1 unspecified atom stereocenters. The molecule has 88 valence electrons. The number of aromatic nitrogens is 1. The summed E-state index contributed by atoms with van der Waals surface area (Å²) in [5, 5.41) is 0. The van der Waals surface area contributed by atoms with Gasteiger partial charge in [0.05, 0.1) is 5.56 Å². The topological polar surface area (TPSA) is 38.9 Å². The van der Waals surface area contributed by atoms with E-state index in [9.17, 15) is 22.0 Å². The molecule has 0 spiro atoms. The molecule has 0 radical (unpaired) electrons. The molecule has 2 nitrogen and oxygen atoms in total. The molecular weight excluding hydrogens is 231 g/mol. The quantitative estimate of drug-likeness (QED) is 0.762. The Balaban J connectivity index is 2.52. The molecule has 1 aliphatic rings. The molecule has 0 saturated heterocycles. The maximum Gasteiger partial charge on any atom is 0.418 e. The Hall–Kier alpha value is -1.24. The van der Waals surface area contributed by atoms with Gasteiger partial charge in [-0.25, -0.2) is 8.78 Å². The number of alkyl halides is 5. The van der Waals surface area contributed by atoms with Crippen molar-refractivity contribution in [2.45, 2.75) is 24.1 Å². The van der Waals surface area contributed by atoms with Crippen LogP contribution in [0.3, 0.4) is 0 Å². The van der Waals surface area contributed by atoms with Gasteiger partial charge in [0, 0.05) is 18.8 Å². The molecule has 0 bridgehead atoms. The first-order chi connectivity index (χ1) is 7.18. The van der Waals surface area contributed by atoms with Gasteiger partial charge in [-0.2, -0.15) is 13.2 Å². The largest absolute Gasteiger partial charge is 0.418 e. The molecule has 1 atom stereocenters. The van der Waals surface area contributed by atoms with Crippen LogP contribution in [0.2, 0.25) is 0 Å². The van der Waals surface area contributed by atoms with Crippen LogP contribution >= 0.6 is 0 Å². The van der Waals surface area contributed by atoms with E-state index < -0.39 is 35.2 Å². The Morgan fingerprint density at radius 3 is 2.31 bits per heavy atom. The second kappa shape index (κ2) is 2.91. The molecule has 0 amide bonds. The molecule has 0 aromatic carbocycles. The number of pyridine rings is 1. The lowest BCUT2D eigenvalue weighted by Crippen LogP contribution is -2.30. The first-order valence-electron chi connectivity index (χ1n) is 4.37. The van der Waals surface area contributed by atoms with E-state index in [2.05, 4.69) is 4.98 Å². The summed E-state index contributed by atoms with van der Waals surface area (Å²) < 4.78 is 63.4. The molecule has 1 aliphatic carbocycles. The Kier molecular flexibility index (Phi) is 2.04. The van der Waals surface area contributed by atoms with Gasteiger partial charge in [0.15, 0.2) is 0 Å². The van der Waals surface area contributed by atoms with Crippen LogP contribution in [-0.2, 0) is 11.7 Å². The third kappa shape index (κ3) is 1.46. The van der Waals surface area contributed by atoms with Crippen LogP contribution in [0.15, 0.2) is 18.5 Å². The van der Waals surface area contributed by atoms with E-state index in [1.54, 1.807) is 0 Å². The highest BCUT2D eigenvalue weighted by molar-refractivity contribution is 5.41. The van der Waals surface area contributed by atoms with E-state index >= 15 is 0 Å². The summed E-state index contributed by atoms with van der Waals surface area (Å²) in [6.07, 6.45) is -3.96. The molecule has 1 aromatic rings. The van der Waals surface area contributed by atoms with Crippen molar-refractivity contribution in [3.63, 3.8) is 0 Å². The van der Waals surface area contributed by atoms with Crippen LogP contribution < -0.4 is 5.73 Å². The standard InChI is InChI=1S/C9H7F5N2/c10-8(11)4-7(8,15)5-1-2-16-3-6(5)9(12,13)14/h1-3H,4,15H2. The summed E-state index contributed by atoms with van der Waals surface area (Å²) in [4.78, 5) is 3.28. The number of rotatable bonds is 1. The van der Waals surface area contributed by atoms with E-state index in [0.717, 1.165) is 12.3 Å². The minimum atomic E-state index is -4.73. The summed E-state index contributed by atoms with van der Waals surface area (Å²) in [5.41, 5.74) is 1.26. The average molecular weight is 238 g/mol. The van der Waals surface area contributed by atoms with Gasteiger partial charge in [-0.15, -0.1) is 0 Å². The Morgan fingerprint density at radius 2 is 1.88 bits per heavy atom. The van der Waals surface area contributed by atoms with Crippen molar-refractivity contribution in [3.8, 4) is 0 Å². The predicted octanol–water partition coefficient (Wildman–Crippen LogP) is 2.29. The van der Waals surface area contributed by atoms with Gasteiger partial charge in [0.2, 0.25) is 0 Å². The summed E-state index contributed by atoms with van der Waals surface area (Å²) in [6.45, 7) is 0. The molecule has 2 rings (SSSR count). The van der Waals surface area contributed by atoms with Gasteiger partial charge in [-0.05, 0) is 11.6 Å². The van der Waals surface area contributed by atoms with Gasteiger partial charge in [-0.3, -0.25) is 4.98 Å². The van der Waals surface area contributed by atoms with Crippen molar-refractivity contribution in [2.75, 3.05) is 0 Å². The summed E-state index contributed by atoms with van der Waals surface area (Å²) in [6, 6.07) is 0.893. The van der Waals surface area contributed by atoms with Crippen molar-refractivity contribution in [1.29, 1.82) is 0 Å². The SMILES string of the molecule is NC1(c2ccncc2C(F)(F)F)CC1(F)F. The third-order valence-corrected chi connectivity index (χ3v) is 2.64. The number of hydrogen-bond donors (Lipinski definition) is 1. The van der Waals surface area contributed by atoms with Crippen LogP contribution in [0, 0.1) is 0 Å². The van der Waals surface area contributed by atoms with Crippen molar-refractivity contribution in [3.05, 3.63) is 29.6 Å². The van der Waals surface area contributed by atoms with E-state index in [-0.39, 0.29) is 0 Å². The maximum absolute atomic E-state index is 12.9. The van der Waals surface area contributed by atoms with Gasteiger partial charge in [0.25, 0.3) is 5.92 Å². The smallest absolute Gasteiger partial charge is 0.316 e. The lowest BCUT2D eigenvalue weighted by molar-refractivity contribution is -0.139. The Bertz CT molecular complexity index is 428. The molecule has 1 saturated carbocycles. The fourth-order valence-corrected chi connectivity index (χ4v) is 1.61. The predicted molar refractivity (Wildman–Crippen MR) is 44.7 cm³/mol. The fourth-order valence-electron chi connectivity index (χ4n) is 1.61. The van der Waals surface area contributed by atoms with Crippen molar-refractivity contribution in [2.24, 2.45) is 5.73 Å². The van der Waals surface area contributed by atoms with Crippen molar-refractivity contribution >= 4 is 0 Å². The van der Waals surface area contributed by atoms with Crippen LogP contribution in [0.5, 0.6) is 0 Å². The number of hydrogen-bond acceptors (Lipinski definition) is 2. The number of halogens is 5. The maximum atomic E-state index is 12.9. The van der Waals surface area contributed by atoms with Gasteiger partial charge in [0.1, 0.15) is 5.54 Å². The summed E-state index contributed by atoms with van der Waals surface area (Å²) in [7, 11) is 0. The zero-order chi connectivity index (χ0) is 12.2. The Labute approximate surface area is 87.3 Å². The second-order valence-corrected chi connectivity index (χ2v) is 3.77. The lowest BCUT2D eigenvalue weighted by atomic mass is 10.0. The first-order valence-corrected chi connectivity index (χ1v) is 4.37. The number of nitrogens with two attached hydrogens (primary N) is 1. The zero-order valence-electron chi connectivity index (χ0n) is 7.85. The summed E-state index contributed by atoms with van der Waals surface area (Å²) >= 11 is 0. The van der Waals surface area contributed by atoms with E-state index in [1.165, 1.54) is 0 Å². The lowest BCUT2D eigenvalue weighted by Gasteiger charge is -2.17. The second-order valence-electron chi connectivity index (χ2n) is 3.77. The molecule has 0 aliphatic heterocycles.